The number of imide groups is 1. The van der Waals surface area contributed by atoms with E-state index in [2.05, 4.69) is 10.6 Å². The SMILES string of the molecule is O=C(O)CCCCC(=O)NC(=O)NC1CCSCC1. The smallest absolute Gasteiger partial charge is 0.321 e. The molecule has 0 unspecified atom stereocenters. The van der Waals surface area contributed by atoms with Crippen LogP contribution in [0.2, 0.25) is 0 Å². The van der Waals surface area contributed by atoms with E-state index in [1.807, 2.05) is 11.8 Å². The number of carboxylic acids is 1. The summed E-state index contributed by atoms with van der Waals surface area (Å²) in [7, 11) is 0. The molecule has 0 radical (unpaired) electrons. The summed E-state index contributed by atoms with van der Waals surface area (Å²) in [5.41, 5.74) is 0. The zero-order chi connectivity index (χ0) is 14.1. The van der Waals surface area contributed by atoms with Crippen LogP contribution in [0.1, 0.15) is 38.5 Å². The number of hydrogen-bond donors (Lipinski definition) is 3. The van der Waals surface area contributed by atoms with E-state index < -0.39 is 12.0 Å². The molecule has 3 N–H and O–H groups in total. The van der Waals surface area contributed by atoms with Gasteiger partial charge in [-0.15, -0.1) is 0 Å². The van der Waals surface area contributed by atoms with Gasteiger partial charge >= 0.3 is 12.0 Å². The summed E-state index contributed by atoms with van der Waals surface area (Å²) in [6.07, 6.45) is 3.03. The van der Waals surface area contributed by atoms with Gasteiger partial charge in [-0.25, -0.2) is 4.79 Å². The second-order valence-electron chi connectivity index (χ2n) is 4.51. The standard InChI is InChI=1S/C12H20N2O4S/c15-10(3-1-2-4-11(16)17)14-12(18)13-9-5-7-19-8-6-9/h9H,1-8H2,(H,16,17)(H2,13,14,15,18). The van der Waals surface area contributed by atoms with Gasteiger partial charge in [-0.2, -0.15) is 11.8 Å². The molecule has 0 saturated carbocycles. The molecule has 1 aliphatic heterocycles. The number of amides is 3. The molecule has 108 valence electrons. The first-order valence-electron chi connectivity index (χ1n) is 6.48. The van der Waals surface area contributed by atoms with Gasteiger partial charge < -0.3 is 10.4 Å². The Morgan fingerprint density at radius 2 is 1.74 bits per heavy atom. The van der Waals surface area contributed by atoms with Crippen molar-refractivity contribution in [2.24, 2.45) is 0 Å². The van der Waals surface area contributed by atoms with Crippen LogP contribution in [0.3, 0.4) is 0 Å². The van der Waals surface area contributed by atoms with Crippen LogP contribution in [0.4, 0.5) is 4.79 Å². The summed E-state index contributed by atoms with van der Waals surface area (Å²) >= 11 is 1.87. The normalized spacial score (nSPS) is 15.8. The molecule has 1 heterocycles. The summed E-state index contributed by atoms with van der Waals surface area (Å²) < 4.78 is 0. The minimum Gasteiger partial charge on any atom is -0.481 e. The van der Waals surface area contributed by atoms with Gasteiger partial charge in [-0.05, 0) is 37.2 Å². The third kappa shape index (κ3) is 7.71. The van der Waals surface area contributed by atoms with Gasteiger partial charge in [0.1, 0.15) is 0 Å². The number of thioether (sulfide) groups is 1. The number of carboxylic acid groups (broad SMARTS) is 1. The van der Waals surface area contributed by atoms with Gasteiger partial charge in [-0.3, -0.25) is 14.9 Å². The summed E-state index contributed by atoms with van der Waals surface area (Å²) in [5.74, 6) is 0.851. The lowest BCUT2D eigenvalue weighted by molar-refractivity contribution is -0.137. The first-order chi connectivity index (χ1) is 9.08. The average Bonchev–Trinajstić information content (AvgIpc) is 2.35. The molecule has 7 heteroatoms. The van der Waals surface area contributed by atoms with E-state index in [0.29, 0.717) is 12.8 Å². The van der Waals surface area contributed by atoms with E-state index in [1.54, 1.807) is 0 Å². The number of carbonyl (C=O) groups is 3. The largest absolute Gasteiger partial charge is 0.481 e. The molecule has 1 saturated heterocycles. The van der Waals surface area contributed by atoms with E-state index in [-0.39, 0.29) is 24.8 Å². The number of urea groups is 1. The molecule has 1 fully saturated rings. The Labute approximate surface area is 116 Å². The molecule has 0 spiro atoms. The van der Waals surface area contributed by atoms with Gasteiger partial charge in [0.25, 0.3) is 0 Å². The van der Waals surface area contributed by atoms with E-state index in [4.69, 9.17) is 5.11 Å². The van der Waals surface area contributed by atoms with E-state index in [0.717, 1.165) is 24.3 Å². The highest BCUT2D eigenvalue weighted by Crippen LogP contribution is 2.16. The molecule has 0 aromatic carbocycles. The van der Waals surface area contributed by atoms with Crippen molar-refractivity contribution >= 4 is 29.7 Å². The molecule has 1 rings (SSSR count). The molecule has 0 bridgehead atoms. The minimum atomic E-state index is -0.867. The average molecular weight is 288 g/mol. The predicted molar refractivity (Wildman–Crippen MR) is 73.1 cm³/mol. The van der Waals surface area contributed by atoms with Crippen LogP contribution in [0.5, 0.6) is 0 Å². The molecule has 6 nitrogen and oxygen atoms in total. The van der Waals surface area contributed by atoms with Gasteiger partial charge in [0, 0.05) is 18.9 Å². The quantitative estimate of drug-likeness (QED) is 0.641. The van der Waals surface area contributed by atoms with E-state index >= 15 is 0 Å². The van der Waals surface area contributed by atoms with Crippen LogP contribution < -0.4 is 10.6 Å². The molecular formula is C12H20N2O4S. The highest BCUT2D eigenvalue weighted by molar-refractivity contribution is 7.99. The van der Waals surface area contributed by atoms with Crippen LogP contribution >= 0.6 is 11.8 Å². The third-order valence-corrected chi connectivity index (χ3v) is 3.90. The molecule has 1 aliphatic rings. The zero-order valence-electron chi connectivity index (χ0n) is 10.8. The van der Waals surface area contributed by atoms with Crippen molar-refractivity contribution in [3.05, 3.63) is 0 Å². The molecular weight excluding hydrogens is 268 g/mol. The van der Waals surface area contributed by atoms with Crippen molar-refractivity contribution < 1.29 is 19.5 Å². The first-order valence-corrected chi connectivity index (χ1v) is 7.63. The lowest BCUT2D eigenvalue weighted by atomic mass is 10.1. The number of nitrogens with one attached hydrogen (secondary N) is 2. The third-order valence-electron chi connectivity index (χ3n) is 2.85. The van der Waals surface area contributed by atoms with Crippen molar-refractivity contribution in [1.29, 1.82) is 0 Å². The van der Waals surface area contributed by atoms with Crippen LogP contribution in [-0.4, -0.2) is 40.6 Å². The number of carbonyl (C=O) groups excluding carboxylic acids is 2. The predicted octanol–water partition coefficient (Wildman–Crippen LogP) is 1.35. The number of rotatable bonds is 6. The van der Waals surface area contributed by atoms with E-state index in [1.165, 1.54) is 0 Å². The Bertz CT molecular complexity index is 330. The van der Waals surface area contributed by atoms with Crippen molar-refractivity contribution in [2.75, 3.05) is 11.5 Å². The molecule has 3 amide bonds. The van der Waals surface area contributed by atoms with Crippen LogP contribution in [-0.2, 0) is 9.59 Å². The maximum atomic E-state index is 11.5. The first kappa shape index (κ1) is 15.8. The van der Waals surface area contributed by atoms with Crippen molar-refractivity contribution in [2.45, 2.75) is 44.6 Å². The molecule has 0 aliphatic carbocycles. The Hall–Kier alpha value is -1.24. The van der Waals surface area contributed by atoms with Crippen LogP contribution in [0.15, 0.2) is 0 Å². The van der Waals surface area contributed by atoms with E-state index in [9.17, 15) is 14.4 Å². The Kier molecular flexibility index (Phi) is 7.32. The summed E-state index contributed by atoms with van der Waals surface area (Å²) in [4.78, 5) is 33.2. The van der Waals surface area contributed by atoms with Gasteiger partial charge in [0.15, 0.2) is 0 Å². The van der Waals surface area contributed by atoms with Crippen molar-refractivity contribution in [3.8, 4) is 0 Å². The second kappa shape index (κ2) is 8.79. The molecule has 0 atom stereocenters. The zero-order valence-corrected chi connectivity index (χ0v) is 11.6. The fraction of sp³-hybridized carbons (Fsp3) is 0.750. The van der Waals surface area contributed by atoms with Crippen molar-refractivity contribution in [1.82, 2.24) is 10.6 Å². The van der Waals surface area contributed by atoms with Gasteiger partial charge in [-0.1, -0.05) is 0 Å². The monoisotopic (exact) mass is 288 g/mol. The lowest BCUT2D eigenvalue weighted by Crippen LogP contribution is -2.45. The highest BCUT2D eigenvalue weighted by Gasteiger charge is 2.16. The van der Waals surface area contributed by atoms with Gasteiger partial charge in [0.05, 0.1) is 0 Å². The summed E-state index contributed by atoms with van der Waals surface area (Å²) in [6, 6.07) is -0.291. The highest BCUT2D eigenvalue weighted by atomic mass is 32.2. The molecule has 19 heavy (non-hydrogen) atoms. The van der Waals surface area contributed by atoms with Crippen LogP contribution in [0, 0.1) is 0 Å². The van der Waals surface area contributed by atoms with Gasteiger partial charge in [0.2, 0.25) is 5.91 Å². The summed E-state index contributed by atoms with van der Waals surface area (Å²) in [6.45, 7) is 0. The maximum absolute atomic E-state index is 11.5. The number of aliphatic carboxylic acids is 1. The fourth-order valence-electron chi connectivity index (χ4n) is 1.81. The Morgan fingerprint density at radius 1 is 1.11 bits per heavy atom. The second-order valence-corrected chi connectivity index (χ2v) is 5.73. The molecule has 0 aromatic heterocycles. The fourth-order valence-corrected chi connectivity index (χ4v) is 2.92. The Balaban J connectivity index is 2.09. The minimum absolute atomic E-state index is 0.0548. The Morgan fingerprint density at radius 3 is 2.37 bits per heavy atom. The lowest BCUT2D eigenvalue weighted by Gasteiger charge is -2.22. The van der Waals surface area contributed by atoms with Crippen molar-refractivity contribution in [3.63, 3.8) is 0 Å². The maximum Gasteiger partial charge on any atom is 0.321 e. The summed E-state index contributed by atoms with van der Waals surface area (Å²) in [5, 5.41) is 13.5. The van der Waals surface area contributed by atoms with Crippen LogP contribution in [0.25, 0.3) is 0 Å². The number of hydrogen-bond acceptors (Lipinski definition) is 4. The molecule has 0 aromatic rings. The topological polar surface area (TPSA) is 95.5 Å². The number of unbranched alkanes of at least 4 members (excludes halogenated alkanes) is 1.